The van der Waals surface area contributed by atoms with Crippen molar-refractivity contribution in [2.45, 2.75) is 32.2 Å². The summed E-state index contributed by atoms with van der Waals surface area (Å²) >= 11 is 0. The number of piperidine rings is 1. The van der Waals surface area contributed by atoms with E-state index in [1.807, 2.05) is 6.92 Å². The van der Waals surface area contributed by atoms with Crippen LogP contribution in [-0.4, -0.2) is 49.7 Å². The van der Waals surface area contributed by atoms with Crippen LogP contribution in [0.4, 0.5) is 0 Å². The van der Waals surface area contributed by atoms with Crippen LogP contribution in [0.3, 0.4) is 0 Å². The van der Waals surface area contributed by atoms with Crippen LogP contribution in [0, 0.1) is 0 Å². The van der Waals surface area contributed by atoms with Crippen molar-refractivity contribution in [3.05, 3.63) is 0 Å². The molecule has 1 aliphatic heterocycles. The third-order valence-corrected chi connectivity index (χ3v) is 2.73. The Kier molecular flexibility index (Phi) is 5.25. The zero-order valence-electron chi connectivity index (χ0n) is 9.90. The minimum Gasteiger partial charge on any atom is -0.467 e. The van der Waals surface area contributed by atoms with Gasteiger partial charge in [-0.25, -0.2) is 4.79 Å². The van der Waals surface area contributed by atoms with Crippen LogP contribution in [0.25, 0.3) is 0 Å². The van der Waals surface area contributed by atoms with Gasteiger partial charge in [-0.15, -0.1) is 0 Å². The van der Waals surface area contributed by atoms with Crippen molar-refractivity contribution in [1.29, 1.82) is 0 Å². The summed E-state index contributed by atoms with van der Waals surface area (Å²) in [6, 6.07) is -0.424. The second kappa shape index (κ2) is 6.48. The summed E-state index contributed by atoms with van der Waals surface area (Å²) in [6.07, 6.45) is 2.58. The van der Waals surface area contributed by atoms with Gasteiger partial charge in [-0.2, -0.15) is 0 Å². The third-order valence-electron chi connectivity index (χ3n) is 2.73. The Morgan fingerprint density at radius 1 is 1.38 bits per heavy atom. The van der Waals surface area contributed by atoms with Crippen LogP contribution in [0.1, 0.15) is 26.2 Å². The molecule has 1 saturated heterocycles. The molecule has 0 spiro atoms. The van der Waals surface area contributed by atoms with E-state index in [2.05, 4.69) is 0 Å². The predicted molar refractivity (Wildman–Crippen MR) is 57.9 cm³/mol. The average Bonchev–Trinajstić information content (AvgIpc) is 2.35. The number of rotatable bonds is 4. The van der Waals surface area contributed by atoms with E-state index in [0.717, 1.165) is 12.8 Å². The van der Waals surface area contributed by atoms with Gasteiger partial charge >= 0.3 is 5.97 Å². The molecule has 1 rings (SSSR count). The monoisotopic (exact) mass is 229 g/mol. The van der Waals surface area contributed by atoms with Gasteiger partial charge in [-0.05, 0) is 26.2 Å². The molecule has 92 valence electrons. The molecule has 0 saturated carbocycles. The molecule has 5 heteroatoms. The third kappa shape index (κ3) is 3.20. The molecule has 1 amide bonds. The summed E-state index contributed by atoms with van der Waals surface area (Å²) in [6.45, 7) is 3.00. The summed E-state index contributed by atoms with van der Waals surface area (Å²) in [5.74, 6) is -0.457. The van der Waals surface area contributed by atoms with Crippen LogP contribution < -0.4 is 0 Å². The van der Waals surface area contributed by atoms with Gasteiger partial charge in [0.15, 0.2) is 0 Å². The van der Waals surface area contributed by atoms with Gasteiger partial charge in [0.2, 0.25) is 5.91 Å². The number of methoxy groups -OCH3 is 1. The minimum atomic E-state index is -0.424. The van der Waals surface area contributed by atoms with E-state index in [-0.39, 0.29) is 18.5 Å². The Morgan fingerprint density at radius 3 is 2.75 bits per heavy atom. The van der Waals surface area contributed by atoms with E-state index in [1.165, 1.54) is 7.11 Å². The average molecular weight is 229 g/mol. The first-order valence-electron chi connectivity index (χ1n) is 5.65. The van der Waals surface area contributed by atoms with E-state index < -0.39 is 6.04 Å². The first kappa shape index (κ1) is 13.0. The summed E-state index contributed by atoms with van der Waals surface area (Å²) in [5.41, 5.74) is 0. The molecular weight excluding hydrogens is 210 g/mol. The molecule has 0 radical (unpaired) electrons. The lowest BCUT2D eigenvalue weighted by Crippen LogP contribution is -2.49. The number of hydrogen-bond donors (Lipinski definition) is 0. The fourth-order valence-corrected chi connectivity index (χ4v) is 1.88. The molecule has 1 heterocycles. The zero-order chi connectivity index (χ0) is 12.0. The lowest BCUT2D eigenvalue weighted by molar-refractivity contribution is -0.156. The van der Waals surface area contributed by atoms with Gasteiger partial charge in [-0.3, -0.25) is 4.79 Å². The normalized spacial score (nSPS) is 20.6. The Labute approximate surface area is 95.7 Å². The Bertz CT molecular complexity index is 254. The van der Waals surface area contributed by atoms with Crippen molar-refractivity contribution >= 4 is 11.9 Å². The SMILES string of the molecule is CCOCC(=O)N1CCCC[C@@H]1C(=O)OC. The maximum atomic E-state index is 11.8. The summed E-state index contributed by atoms with van der Waals surface area (Å²) in [4.78, 5) is 24.9. The second-order valence-electron chi connectivity index (χ2n) is 3.76. The molecule has 0 N–H and O–H groups in total. The highest BCUT2D eigenvalue weighted by molar-refractivity contribution is 5.85. The van der Waals surface area contributed by atoms with Crippen molar-refractivity contribution in [3.63, 3.8) is 0 Å². The van der Waals surface area contributed by atoms with Crippen molar-refractivity contribution in [2.75, 3.05) is 26.9 Å². The quantitative estimate of drug-likeness (QED) is 0.662. The van der Waals surface area contributed by atoms with Crippen LogP contribution in [-0.2, 0) is 19.1 Å². The highest BCUT2D eigenvalue weighted by atomic mass is 16.5. The van der Waals surface area contributed by atoms with Gasteiger partial charge < -0.3 is 14.4 Å². The molecule has 0 aliphatic carbocycles. The molecular formula is C11H19NO4. The van der Waals surface area contributed by atoms with E-state index in [0.29, 0.717) is 19.6 Å². The van der Waals surface area contributed by atoms with Crippen LogP contribution in [0.15, 0.2) is 0 Å². The fourth-order valence-electron chi connectivity index (χ4n) is 1.88. The highest BCUT2D eigenvalue weighted by Gasteiger charge is 2.32. The van der Waals surface area contributed by atoms with Gasteiger partial charge in [0.1, 0.15) is 12.6 Å². The van der Waals surface area contributed by atoms with Crippen LogP contribution in [0.2, 0.25) is 0 Å². The Morgan fingerprint density at radius 2 is 2.12 bits per heavy atom. The number of esters is 1. The summed E-state index contributed by atoms with van der Waals surface area (Å²) < 4.78 is 9.77. The van der Waals surface area contributed by atoms with Crippen molar-refractivity contribution in [3.8, 4) is 0 Å². The first-order valence-corrected chi connectivity index (χ1v) is 5.65. The van der Waals surface area contributed by atoms with Gasteiger partial charge in [0.05, 0.1) is 7.11 Å². The van der Waals surface area contributed by atoms with E-state index in [4.69, 9.17) is 9.47 Å². The summed E-state index contributed by atoms with van der Waals surface area (Å²) in [7, 11) is 1.35. The Balaban J connectivity index is 2.59. The van der Waals surface area contributed by atoms with Gasteiger partial charge in [0, 0.05) is 13.2 Å². The summed E-state index contributed by atoms with van der Waals surface area (Å²) in [5, 5.41) is 0. The topological polar surface area (TPSA) is 55.8 Å². The fraction of sp³-hybridized carbons (Fsp3) is 0.818. The number of carbonyl (C=O) groups is 2. The number of likely N-dealkylation sites (tertiary alicyclic amines) is 1. The molecule has 0 unspecified atom stereocenters. The maximum Gasteiger partial charge on any atom is 0.328 e. The van der Waals surface area contributed by atoms with Crippen molar-refractivity contribution in [1.82, 2.24) is 4.90 Å². The molecule has 0 aromatic heterocycles. The van der Waals surface area contributed by atoms with E-state index >= 15 is 0 Å². The molecule has 1 aliphatic rings. The molecule has 16 heavy (non-hydrogen) atoms. The number of nitrogens with zero attached hydrogens (tertiary/aromatic N) is 1. The van der Waals surface area contributed by atoms with E-state index in [9.17, 15) is 9.59 Å². The van der Waals surface area contributed by atoms with E-state index in [1.54, 1.807) is 4.90 Å². The number of hydrogen-bond acceptors (Lipinski definition) is 4. The Hall–Kier alpha value is -1.10. The van der Waals surface area contributed by atoms with Gasteiger partial charge in [-0.1, -0.05) is 0 Å². The molecule has 0 aromatic rings. The standard InChI is InChI=1S/C11H19NO4/c1-3-16-8-10(13)12-7-5-4-6-9(12)11(14)15-2/h9H,3-8H2,1-2H3/t9-/m1/s1. The molecule has 1 atom stereocenters. The molecule has 5 nitrogen and oxygen atoms in total. The van der Waals surface area contributed by atoms with Crippen LogP contribution >= 0.6 is 0 Å². The highest BCUT2D eigenvalue weighted by Crippen LogP contribution is 2.18. The molecule has 1 fully saturated rings. The predicted octanol–water partition coefficient (Wildman–Crippen LogP) is 0.577. The van der Waals surface area contributed by atoms with Gasteiger partial charge in [0.25, 0.3) is 0 Å². The number of amides is 1. The van der Waals surface area contributed by atoms with Crippen molar-refractivity contribution in [2.24, 2.45) is 0 Å². The van der Waals surface area contributed by atoms with Crippen LogP contribution in [0.5, 0.6) is 0 Å². The lowest BCUT2D eigenvalue weighted by atomic mass is 10.0. The minimum absolute atomic E-state index is 0.0456. The largest absolute Gasteiger partial charge is 0.467 e. The lowest BCUT2D eigenvalue weighted by Gasteiger charge is -2.33. The zero-order valence-corrected chi connectivity index (χ0v) is 9.90. The smallest absolute Gasteiger partial charge is 0.328 e. The molecule has 0 bridgehead atoms. The second-order valence-corrected chi connectivity index (χ2v) is 3.76. The number of carbonyl (C=O) groups excluding carboxylic acids is 2. The maximum absolute atomic E-state index is 11.8. The first-order chi connectivity index (χ1) is 7.70. The van der Waals surface area contributed by atoms with Crippen molar-refractivity contribution < 1.29 is 19.1 Å². The molecule has 0 aromatic carbocycles. The number of ether oxygens (including phenoxy) is 2.